The molecule has 0 bridgehead atoms. The van der Waals surface area contributed by atoms with E-state index in [9.17, 15) is 4.79 Å². The average Bonchev–Trinajstić information content (AvgIpc) is 3.29. The van der Waals surface area contributed by atoms with E-state index in [4.69, 9.17) is 4.99 Å². The summed E-state index contributed by atoms with van der Waals surface area (Å²) >= 11 is 0. The highest BCUT2D eigenvalue weighted by Crippen LogP contribution is 2.21. The van der Waals surface area contributed by atoms with Gasteiger partial charge in [-0.1, -0.05) is 32.0 Å². The van der Waals surface area contributed by atoms with Gasteiger partial charge < -0.3 is 20.5 Å². The second-order valence-electron chi connectivity index (χ2n) is 7.89. The quantitative estimate of drug-likeness (QED) is 0.531. The lowest BCUT2D eigenvalue weighted by Gasteiger charge is -2.20. The molecule has 3 N–H and O–H groups in total. The Morgan fingerprint density at radius 2 is 2.21 bits per heavy atom. The lowest BCUT2D eigenvalue weighted by molar-refractivity contribution is -0.133. The number of aryl methyl sites for hydroxylation is 1. The zero-order valence-electron chi connectivity index (χ0n) is 17.5. The summed E-state index contributed by atoms with van der Waals surface area (Å²) in [6.45, 7) is 11.2. The van der Waals surface area contributed by atoms with Crippen molar-refractivity contribution in [1.29, 1.82) is 0 Å². The Bertz CT molecular complexity index is 839. The van der Waals surface area contributed by atoms with Crippen molar-refractivity contribution < 1.29 is 4.79 Å². The molecule has 6 heteroatoms. The third kappa shape index (κ3) is 4.66. The molecule has 1 fully saturated rings. The van der Waals surface area contributed by atoms with Gasteiger partial charge in [0.25, 0.3) is 0 Å². The van der Waals surface area contributed by atoms with Crippen LogP contribution < -0.4 is 10.6 Å². The van der Waals surface area contributed by atoms with E-state index < -0.39 is 0 Å². The highest BCUT2D eigenvalue weighted by Gasteiger charge is 2.27. The number of likely N-dealkylation sites (tertiary alicyclic amines) is 1. The maximum Gasteiger partial charge on any atom is 0.225 e. The first-order chi connectivity index (χ1) is 13.5. The number of H-pyrrole nitrogens is 1. The Labute approximate surface area is 167 Å². The van der Waals surface area contributed by atoms with E-state index >= 15 is 0 Å². The van der Waals surface area contributed by atoms with Crippen molar-refractivity contribution in [2.75, 3.05) is 26.2 Å². The molecule has 28 heavy (non-hydrogen) atoms. The molecule has 2 aromatic rings. The van der Waals surface area contributed by atoms with Crippen LogP contribution in [0.4, 0.5) is 0 Å². The number of carbonyl (C=O) groups is 1. The van der Waals surface area contributed by atoms with Gasteiger partial charge in [-0.2, -0.15) is 0 Å². The molecule has 0 saturated carbocycles. The van der Waals surface area contributed by atoms with Crippen molar-refractivity contribution in [3.63, 3.8) is 0 Å². The SMILES string of the molecule is CCNC(=NCCc1c[nH]c2c(C)cccc12)NC1CCN(C(=O)C(C)C)C1. The molecule has 1 aliphatic rings. The highest BCUT2D eigenvalue weighted by molar-refractivity contribution is 5.86. The number of nitrogens with one attached hydrogen (secondary N) is 3. The molecule has 2 heterocycles. The number of para-hydroxylation sites is 1. The predicted octanol–water partition coefficient (Wildman–Crippen LogP) is 2.83. The molecule has 1 aliphatic heterocycles. The van der Waals surface area contributed by atoms with Crippen molar-refractivity contribution in [2.24, 2.45) is 10.9 Å². The Kier molecular flexibility index (Phi) is 6.60. The normalized spacial score (nSPS) is 17.5. The monoisotopic (exact) mass is 383 g/mol. The maximum absolute atomic E-state index is 12.2. The molecule has 0 radical (unpaired) electrons. The fraction of sp³-hybridized carbons (Fsp3) is 0.545. The van der Waals surface area contributed by atoms with Crippen LogP contribution in [0.3, 0.4) is 0 Å². The number of nitrogens with zero attached hydrogens (tertiary/aromatic N) is 2. The number of benzene rings is 1. The van der Waals surface area contributed by atoms with Crippen LogP contribution in [0.1, 0.15) is 38.3 Å². The minimum Gasteiger partial charge on any atom is -0.361 e. The third-order valence-electron chi connectivity index (χ3n) is 5.34. The van der Waals surface area contributed by atoms with Crippen LogP contribution in [0.2, 0.25) is 0 Å². The second kappa shape index (κ2) is 9.13. The van der Waals surface area contributed by atoms with Gasteiger partial charge in [0.05, 0.1) is 0 Å². The number of carbonyl (C=O) groups excluding carboxylic acids is 1. The van der Waals surface area contributed by atoms with Gasteiger partial charge in [0, 0.05) is 55.2 Å². The first-order valence-electron chi connectivity index (χ1n) is 10.4. The fourth-order valence-electron chi connectivity index (χ4n) is 3.82. The Hall–Kier alpha value is -2.50. The summed E-state index contributed by atoms with van der Waals surface area (Å²) in [6, 6.07) is 6.66. The van der Waals surface area contributed by atoms with Crippen LogP contribution >= 0.6 is 0 Å². The molecule has 0 aliphatic carbocycles. The number of guanidine groups is 1. The summed E-state index contributed by atoms with van der Waals surface area (Å²) in [5, 5.41) is 8.12. The van der Waals surface area contributed by atoms with Gasteiger partial charge in [0.1, 0.15) is 0 Å². The number of hydrogen-bond acceptors (Lipinski definition) is 2. The number of fused-ring (bicyclic) bond motifs is 1. The number of aromatic amines is 1. The lowest BCUT2D eigenvalue weighted by atomic mass is 10.1. The van der Waals surface area contributed by atoms with Crippen LogP contribution in [0.25, 0.3) is 10.9 Å². The van der Waals surface area contributed by atoms with E-state index in [2.05, 4.69) is 53.9 Å². The smallest absolute Gasteiger partial charge is 0.225 e. The third-order valence-corrected chi connectivity index (χ3v) is 5.34. The van der Waals surface area contributed by atoms with E-state index in [1.807, 2.05) is 18.7 Å². The Morgan fingerprint density at radius 1 is 1.39 bits per heavy atom. The van der Waals surface area contributed by atoms with Crippen molar-refractivity contribution >= 4 is 22.8 Å². The summed E-state index contributed by atoms with van der Waals surface area (Å²) in [5.41, 5.74) is 3.78. The van der Waals surface area contributed by atoms with E-state index in [0.29, 0.717) is 0 Å². The molecule has 152 valence electrons. The van der Waals surface area contributed by atoms with Gasteiger partial charge in [-0.05, 0) is 37.8 Å². The average molecular weight is 384 g/mol. The van der Waals surface area contributed by atoms with Gasteiger partial charge in [-0.25, -0.2) is 0 Å². The summed E-state index contributed by atoms with van der Waals surface area (Å²) in [6.07, 6.45) is 3.95. The molecular weight excluding hydrogens is 350 g/mol. The molecule has 3 rings (SSSR count). The topological polar surface area (TPSA) is 72.5 Å². The summed E-state index contributed by atoms with van der Waals surface area (Å²) < 4.78 is 0. The second-order valence-corrected chi connectivity index (χ2v) is 7.89. The first kappa shape index (κ1) is 20.2. The molecule has 1 atom stereocenters. The molecule has 1 aromatic heterocycles. The molecule has 1 saturated heterocycles. The first-order valence-corrected chi connectivity index (χ1v) is 10.4. The molecule has 6 nitrogen and oxygen atoms in total. The molecule has 1 aromatic carbocycles. The van der Waals surface area contributed by atoms with Crippen LogP contribution in [0, 0.1) is 12.8 Å². The number of amides is 1. The number of aromatic nitrogens is 1. The van der Waals surface area contributed by atoms with Crippen LogP contribution in [0.15, 0.2) is 29.4 Å². The summed E-state index contributed by atoms with van der Waals surface area (Å²) in [7, 11) is 0. The van der Waals surface area contributed by atoms with Gasteiger partial charge in [0.2, 0.25) is 5.91 Å². The summed E-state index contributed by atoms with van der Waals surface area (Å²) in [5.74, 6) is 1.13. The summed E-state index contributed by atoms with van der Waals surface area (Å²) in [4.78, 5) is 22.3. The van der Waals surface area contributed by atoms with Gasteiger partial charge in [-0.3, -0.25) is 9.79 Å². The van der Waals surface area contributed by atoms with Crippen LogP contribution in [-0.4, -0.2) is 54.0 Å². The van der Waals surface area contributed by atoms with E-state index in [1.54, 1.807) is 0 Å². The molecule has 0 spiro atoms. The van der Waals surface area contributed by atoms with Crippen molar-refractivity contribution in [3.8, 4) is 0 Å². The fourth-order valence-corrected chi connectivity index (χ4v) is 3.82. The van der Waals surface area contributed by atoms with E-state index in [1.165, 1.54) is 22.0 Å². The lowest BCUT2D eigenvalue weighted by Crippen LogP contribution is -2.45. The zero-order chi connectivity index (χ0) is 20.1. The standard InChI is InChI=1S/C22H33N5O/c1-5-23-22(26-18-10-12-27(14-18)21(28)15(2)3)24-11-9-17-13-25-20-16(4)7-6-8-19(17)20/h6-8,13,15,18,25H,5,9-12,14H2,1-4H3,(H2,23,24,26). The van der Waals surface area contributed by atoms with Crippen molar-refractivity contribution in [2.45, 2.75) is 46.6 Å². The number of aliphatic imine (C=N–C) groups is 1. The van der Waals surface area contributed by atoms with Crippen molar-refractivity contribution in [3.05, 3.63) is 35.5 Å². The molecule has 1 amide bonds. The zero-order valence-corrected chi connectivity index (χ0v) is 17.5. The number of rotatable bonds is 6. The number of hydrogen-bond donors (Lipinski definition) is 3. The van der Waals surface area contributed by atoms with Crippen molar-refractivity contribution in [1.82, 2.24) is 20.5 Å². The highest BCUT2D eigenvalue weighted by atomic mass is 16.2. The molecular formula is C22H33N5O. The predicted molar refractivity (Wildman–Crippen MR) is 116 cm³/mol. The van der Waals surface area contributed by atoms with Gasteiger partial charge in [0.15, 0.2) is 5.96 Å². The Balaban J connectivity index is 1.58. The minimum absolute atomic E-state index is 0.0560. The van der Waals surface area contributed by atoms with Gasteiger partial charge >= 0.3 is 0 Å². The van der Waals surface area contributed by atoms with E-state index in [0.717, 1.165) is 45.0 Å². The molecule has 1 unspecified atom stereocenters. The van der Waals surface area contributed by atoms with Gasteiger partial charge in [-0.15, -0.1) is 0 Å². The largest absolute Gasteiger partial charge is 0.361 e. The maximum atomic E-state index is 12.2. The van der Waals surface area contributed by atoms with Crippen LogP contribution in [0.5, 0.6) is 0 Å². The van der Waals surface area contributed by atoms with E-state index in [-0.39, 0.29) is 17.9 Å². The minimum atomic E-state index is 0.0560. The Morgan fingerprint density at radius 3 is 2.96 bits per heavy atom. The van der Waals surface area contributed by atoms with Crippen LogP contribution in [-0.2, 0) is 11.2 Å².